The number of aromatic nitrogens is 6. The van der Waals surface area contributed by atoms with Crippen molar-refractivity contribution < 1.29 is 4.79 Å². The van der Waals surface area contributed by atoms with Gasteiger partial charge in [0.1, 0.15) is 18.0 Å². The predicted octanol–water partition coefficient (Wildman–Crippen LogP) is -0.644. The molecule has 0 bridgehead atoms. The van der Waals surface area contributed by atoms with Gasteiger partial charge in [-0.15, -0.1) is 0 Å². The Morgan fingerprint density at radius 1 is 1.10 bits per heavy atom. The molecule has 0 aliphatic carbocycles. The Morgan fingerprint density at radius 2 is 1.90 bits per heavy atom. The molecule has 3 aromatic rings. The number of aryl methyl sites for hydroxylation is 2. The average Bonchev–Trinajstić information content (AvgIpc) is 2.86. The SMILES string of the molecule is Cn1c(=O)c2cc(NC(=O)Cn3nc4n(c3=O)CCCCC4)cnc2n(C)c1=O. The standard InChI is InChI=1S/C18H21N7O4/c1-22-15-12(16(27)23(2)17(22)28)8-11(9-19-15)20-14(26)10-25-18(29)24-7-5-3-4-6-13(24)21-25/h8-9H,3-7,10H2,1-2H3,(H,20,26). The molecule has 0 saturated heterocycles. The zero-order valence-corrected chi connectivity index (χ0v) is 16.2. The maximum atomic E-state index is 12.5. The van der Waals surface area contributed by atoms with Gasteiger partial charge in [0.25, 0.3) is 5.56 Å². The van der Waals surface area contributed by atoms with E-state index in [9.17, 15) is 19.2 Å². The van der Waals surface area contributed by atoms with Crippen molar-refractivity contribution in [1.29, 1.82) is 0 Å². The van der Waals surface area contributed by atoms with Gasteiger partial charge in [0.05, 0.1) is 17.3 Å². The maximum Gasteiger partial charge on any atom is 0.346 e. The summed E-state index contributed by atoms with van der Waals surface area (Å²) >= 11 is 0. The van der Waals surface area contributed by atoms with E-state index < -0.39 is 17.2 Å². The van der Waals surface area contributed by atoms with Crippen molar-refractivity contribution in [3.05, 3.63) is 49.4 Å². The fraction of sp³-hybridized carbons (Fsp3) is 0.444. The van der Waals surface area contributed by atoms with Crippen LogP contribution in [0.4, 0.5) is 5.69 Å². The van der Waals surface area contributed by atoms with E-state index in [0.29, 0.717) is 18.1 Å². The van der Waals surface area contributed by atoms with Crippen molar-refractivity contribution in [3.8, 4) is 0 Å². The summed E-state index contributed by atoms with van der Waals surface area (Å²) in [4.78, 5) is 53.4. The number of anilines is 1. The summed E-state index contributed by atoms with van der Waals surface area (Å²) in [5.41, 5.74) is -0.749. The Bertz CT molecular complexity index is 1290. The van der Waals surface area contributed by atoms with Crippen LogP contribution in [0.25, 0.3) is 11.0 Å². The molecule has 0 aromatic carbocycles. The Kier molecular flexibility index (Phi) is 4.65. The van der Waals surface area contributed by atoms with Gasteiger partial charge in [0, 0.05) is 27.1 Å². The first-order valence-corrected chi connectivity index (χ1v) is 9.39. The quantitative estimate of drug-likeness (QED) is 0.624. The first-order chi connectivity index (χ1) is 13.9. The number of nitrogens with one attached hydrogen (secondary N) is 1. The molecule has 0 saturated carbocycles. The number of fused-ring (bicyclic) bond motifs is 2. The average molecular weight is 399 g/mol. The predicted molar refractivity (Wildman–Crippen MR) is 105 cm³/mol. The Morgan fingerprint density at radius 3 is 2.69 bits per heavy atom. The van der Waals surface area contributed by atoms with Gasteiger partial charge in [0.2, 0.25) is 5.91 Å². The molecule has 29 heavy (non-hydrogen) atoms. The molecular weight excluding hydrogens is 378 g/mol. The molecule has 1 amide bonds. The monoisotopic (exact) mass is 399 g/mol. The van der Waals surface area contributed by atoms with Gasteiger partial charge in [-0.3, -0.25) is 23.3 Å². The molecule has 0 atom stereocenters. The van der Waals surface area contributed by atoms with Crippen LogP contribution in [0.5, 0.6) is 0 Å². The number of carbonyl (C=O) groups excluding carboxylic acids is 1. The van der Waals surface area contributed by atoms with Crippen molar-refractivity contribution >= 4 is 22.6 Å². The van der Waals surface area contributed by atoms with Gasteiger partial charge >= 0.3 is 11.4 Å². The molecule has 0 unspecified atom stereocenters. The molecule has 0 fully saturated rings. The summed E-state index contributed by atoms with van der Waals surface area (Å²) in [6, 6.07) is 1.47. The lowest BCUT2D eigenvalue weighted by Crippen LogP contribution is -2.37. The zero-order chi connectivity index (χ0) is 20.7. The van der Waals surface area contributed by atoms with E-state index in [4.69, 9.17) is 0 Å². The van der Waals surface area contributed by atoms with E-state index in [1.54, 1.807) is 4.57 Å². The van der Waals surface area contributed by atoms with Crippen molar-refractivity contribution in [3.63, 3.8) is 0 Å². The van der Waals surface area contributed by atoms with Gasteiger partial charge in [0.15, 0.2) is 0 Å². The number of carbonyl (C=O) groups is 1. The molecule has 152 valence electrons. The molecule has 0 spiro atoms. The highest BCUT2D eigenvalue weighted by Crippen LogP contribution is 2.13. The number of pyridine rings is 1. The van der Waals surface area contributed by atoms with Crippen LogP contribution in [0, 0.1) is 0 Å². The molecule has 1 aliphatic rings. The largest absolute Gasteiger partial charge is 0.346 e. The second-order valence-electron chi connectivity index (χ2n) is 7.17. The molecule has 1 N–H and O–H groups in total. The number of amides is 1. The summed E-state index contributed by atoms with van der Waals surface area (Å²) in [6.45, 7) is 0.383. The summed E-state index contributed by atoms with van der Waals surface area (Å²) in [6.07, 6.45) is 5.04. The first kappa shape index (κ1) is 18.8. The highest BCUT2D eigenvalue weighted by molar-refractivity contribution is 5.92. The van der Waals surface area contributed by atoms with Crippen LogP contribution in [0.15, 0.2) is 26.6 Å². The molecule has 1 aliphatic heterocycles. The Balaban J connectivity index is 1.59. The second-order valence-corrected chi connectivity index (χ2v) is 7.17. The van der Waals surface area contributed by atoms with E-state index in [-0.39, 0.29) is 23.3 Å². The van der Waals surface area contributed by atoms with Crippen LogP contribution in [0.3, 0.4) is 0 Å². The van der Waals surface area contributed by atoms with Gasteiger partial charge in [-0.1, -0.05) is 6.42 Å². The fourth-order valence-corrected chi connectivity index (χ4v) is 3.60. The highest BCUT2D eigenvalue weighted by atomic mass is 16.2. The van der Waals surface area contributed by atoms with Crippen molar-refractivity contribution in [2.45, 2.75) is 38.8 Å². The minimum absolute atomic E-state index is 0.207. The van der Waals surface area contributed by atoms with Gasteiger partial charge in [-0.25, -0.2) is 19.3 Å². The van der Waals surface area contributed by atoms with Crippen LogP contribution >= 0.6 is 0 Å². The van der Waals surface area contributed by atoms with Gasteiger partial charge in [-0.05, 0) is 18.9 Å². The third kappa shape index (κ3) is 3.28. The maximum absolute atomic E-state index is 12.5. The van der Waals surface area contributed by atoms with E-state index in [1.807, 2.05) is 0 Å². The first-order valence-electron chi connectivity index (χ1n) is 9.39. The van der Waals surface area contributed by atoms with E-state index in [0.717, 1.165) is 34.9 Å². The summed E-state index contributed by atoms with van der Waals surface area (Å²) in [7, 11) is 2.90. The molecule has 0 radical (unpaired) electrons. The number of hydrogen-bond acceptors (Lipinski definition) is 6. The van der Waals surface area contributed by atoms with E-state index in [2.05, 4.69) is 15.4 Å². The van der Waals surface area contributed by atoms with Crippen LogP contribution in [0.1, 0.15) is 25.1 Å². The minimum atomic E-state index is -0.499. The molecule has 4 rings (SSSR count). The van der Waals surface area contributed by atoms with Crippen LogP contribution in [0.2, 0.25) is 0 Å². The van der Waals surface area contributed by atoms with Crippen LogP contribution < -0.4 is 22.3 Å². The van der Waals surface area contributed by atoms with Crippen LogP contribution in [-0.2, 0) is 38.4 Å². The number of rotatable bonds is 3. The van der Waals surface area contributed by atoms with Gasteiger partial charge in [-0.2, -0.15) is 5.10 Å². The molecule has 11 nitrogen and oxygen atoms in total. The molecule has 3 aromatic heterocycles. The van der Waals surface area contributed by atoms with Crippen molar-refractivity contribution in [1.82, 2.24) is 28.5 Å². The Hall–Kier alpha value is -3.50. The number of hydrogen-bond donors (Lipinski definition) is 1. The summed E-state index contributed by atoms with van der Waals surface area (Å²) in [5, 5.41) is 7.13. The van der Waals surface area contributed by atoms with Crippen molar-refractivity contribution in [2.75, 3.05) is 5.32 Å². The highest BCUT2D eigenvalue weighted by Gasteiger charge is 2.18. The zero-order valence-electron chi connectivity index (χ0n) is 16.2. The lowest BCUT2D eigenvalue weighted by Gasteiger charge is -2.09. The Labute approximate surface area is 164 Å². The molecule has 4 heterocycles. The third-order valence-corrected chi connectivity index (χ3v) is 5.15. The number of nitrogens with zero attached hydrogens (tertiary/aromatic N) is 6. The smallest absolute Gasteiger partial charge is 0.323 e. The van der Waals surface area contributed by atoms with Crippen molar-refractivity contribution in [2.24, 2.45) is 14.1 Å². The fourth-order valence-electron chi connectivity index (χ4n) is 3.60. The summed E-state index contributed by atoms with van der Waals surface area (Å²) in [5.74, 6) is 0.250. The molecular formula is C18H21N7O4. The third-order valence-electron chi connectivity index (χ3n) is 5.15. The minimum Gasteiger partial charge on any atom is -0.323 e. The second kappa shape index (κ2) is 7.15. The topological polar surface area (TPSA) is 126 Å². The lowest BCUT2D eigenvalue weighted by atomic mass is 10.2. The normalized spacial score (nSPS) is 13.9. The van der Waals surface area contributed by atoms with E-state index in [1.165, 1.54) is 30.9 Å². The molecule has 11 heteroatoms. The van der Waals surface area contributed by atoms with Crippen LogP contribution in [-0.4, -0.2) is 34.4 Å². The van der Waals surface area contributed by atoms with E-state index >= 15 is 0 Å². The lowest BCUT2D eigenvalue weighted by molar-refractivity contribution is -0.117. The summed E-state index contributed by atoms with van der Waals surface area (Å²) < 4.78 is 5.03. The van der Waals surface area contributed by atoms with Gasteiger partial charge < -0.3 is 5.32 Å².